The molecule has 2 aliphatic rings. The van der Waals surface area contributed by atoms with E-state index in [1.54, 1.807) is 12.1 Å². The average molecular weight is 413 g/mol. The number of fused-ring (bicyclic) bond motifs is 2. The summed E-state index contributed by atoms with van der Waals surface area (Å²) in [6, 6.07) is 9.34. The average Bonchev–Trinajstić information content (AvgIpc) is 3.05. The predicted octanol–water partition coefficient (Wildman–Crippen LogP) is 3.77. The molecule has 2 atom stereocenters. The Labute approximate surface area is 174 Å². The number of amides is 2. The van der Waals surface area contributed by atoms with Gasteiger partial charge in [-0.3, -0.25) is 9.59 Å². The van der Waals surface area contributed by atoms with E-state index in [1.807, 2.05) is 39.0 Å². The number of nitrogens with one attached hydrogen (secondary N) is 2. The molecule has 4 rings (SSSR count). The van der Waals surface area contributed by atoms with Crippen molar-refractivity contribution in [2.45, 2.75) is 50.0 Å². The maximum Gasteiger partial charge on any atom is 0.251 e. The van der Waals surface area contributed by atoms with Gasteiger partial charge in [-0.15, -0.1) is 11.8 Å². The number of hydrogen-bond donors (Lipinski definition) is 2. The molecule has 0 fully saturated rings. The second kappa shape index (κ2) is 7.99. The van der Waals surface area contributed by atoms with Crippen LogP contribution >= 0.6 is 11.8 Å². The van der Waals surface area contributed by atoms with Crippen LogP contribution in [0.1, 0.15) is 42.3 Å². The standard InChI is InChI=1S/C22H24N2O4S/c1-4-27-18-9-15-7-12(2)28-19(15)10-16(18)11-23-22(26)14-5-6-20-17(8-14)24-21(25)13(3)29-20/h5-6,8-10,12-13H,4,7,11H2,1-3H3,(H,23,26)(H,24,25)/t12-,13-/m1/s1. The molecule has 2 aromatic rings. The Balaban J connectivity index is 1.50. The summed E-state index contributed by atoms with van der Waals surface area (Å²) in [5.74, 6) is 1.37. The highest BCUT2D eigenvalue weighted by atomic mass is 32.2. The van der Waals surface area contributed by atoms with Crippen molar-refractivity contribution in [2.24, 2.45) is 0 Å². The molecule has 2 aromatic carbocycles. The molecular formula is C22H24N2O4S. The summed E-state index contributed by atoms with van der Waals surface area (Å²) in [7, 11) is 0. The molecule has 2 amide bonds. The molecule has 6 nitrogen and oxygen atoms in total. The Morgan fingerprint density at radius 2 is 2.14 bits per heavy atom. The molecular weight excluding hydrogens is 388 g/mol. The van der Waals surface area contributed by atoms with E-state index in [0.29, 0.717) is 24.4 Å². The number of thioether (sulfide) groups is 1. The van der Waals surface area contributed by atoms with Gasteiger partial charge in [0.15, 0.2) is 0 Å². The van der Waals surface area contributed by atoms with E-state index < -0.39 is 0 Å². The number of hydrogen-bond acceptors (Lipinski definition) is 5. The highest BCUT2D eigenvalue weighted by molar-refractivity contribution is 8.00. The minimum absolute atomic E-state index is 0.0474. The van der Waals surface area contributed by atoms with Gasteiger partial charge < -0.3 is 20.1 Å². The quantitative estimate of drug-likeness (QED) is 0.782. The van der Waals surface area contributed by atoms with Crippen LogP contribution in [0.25, 0.3) is 0 Å². The van der Waals surface area contributed by atoms with E-state index in [9.17, 15) is 9.59 Å². The van der Waals surface area contributed by atoms with Crippen LogP contribution in [0.2, 0.25) is 0 Å². The number of carbonyl (C=O) groups is 2. The number of rotatable bonds is 5. The molecule has 7 heteroatoms. The van der Waals surface area contributed by atoms with Crippen LogP contribution in [-0.4, -0.2) is 29.8 Å². The molecule has 0 unspecified atom stereocenters. The monoisotopic (exact) mass is 412 g/mol. The Kier molecular flexibility index (Phi) is 5.41. The van der Waals surface area contributed by atoms with Crippen LogP contribution in [0.4, 0.5) is 5.69 Å². The van der Waals surface area contributed by atoms with Gasteiger partial charge >= 0.3 is 0 Å². The van der Waals surface area contributed by atoms with Crippen molar-refractivity contribution < 1.29 is 19.1 Å². The number of anilines is 1. The van der Waals surface area contributed by atoms with Crippen molar-refractivity contribution in [2.75, 3.05) is 11.9 Å². The largest absolute Gasteiger partial charge is 0.494 e. The van der Waals surface area contributed by atoms with Crippen molar-refractivity contribution in [3.05, 3.63) is 47.0 Å². The summed E-state index contributed by atoms with van der Waals surface area (Å²) in [6.07, 6.45) is 1.01. The zero-order valence-electron chi connectivity index (χ0n) is 16.7. The molecule has 0 aromatic heterocycles. The van der Waals surface area contributed by atoms with Crippen LogP contribution in [0.3, 0.4) is 0 Å². The van der Waals surface area contributed by atoms with Crippen LogP contribution in [-0.2, 0) is 17.8 Å². The van der Waals surface area contributed by atoms with Gasteiger partial charge in [0.1, 0.15) is 17.6 Å². The van der Waals surface area contributed by atoms with Gasteiger partial charge in [-0.1, -0.05) is 0 Å². The first-order valence-corrected chi connectivity index (χ1v) is 10.7. The lowest BCUT2D eigenvalue weighted by Crippen LogP contribution is -2.27. The number of ether oxygens (including phenoxy) is 2. The minimum atomic E-state index is -0.206. The van der Waals surface area contributed by atoms with Crippen LogP contribution in [0, 0.1) is 0 Å². The summed E-state index contributed by atoms with van der Waals surface area (Å²) >= 11 is 1.50. The van der Waals surface area contributed by atoms with Gasteiger partial charge in [-0.2, -0.15) is 0 Å². The van der Waals surface area contributed by atoms with Crippen LogP contribution in [0.15, 0.2) is 35.2 Å². The fourth-order valence-electron chi connectivity index (χ4n) is 3.54. The zero-order chi connectivity index (χ0) is 20.5. The van der Waals surface area contributed by atoms with Crippen LogP contribution in [0.5, 0.6) is 11.5 Å². The van der Waals surface area contributed by atoms with Crippen molar-refractivity contribution in [1.82, 2.24) is 5.32 Å². The SMILES string of the molecule is CCOc1cc2c(cc1CNC(=O)c1ccc3c(c1)NC(=O)[C@@H](C)S3)O[C@H](C)C2. The summed E-state index contributed by atoms with van der Waals surface area (Å²) < 4.78 is 11.6. The Morgan fingerprint density at radius 1 is 1.31 bits per heavy atom. The Morgan fingerprint density at radius 3 is 2.93 bits per heavy atom. The molecule has 0 spiro atoms. The lowest BCUT2D eigenvalue weighted by molar-refractivity contribution is -0.115. The van der Waals surface area contributed by atoms with E-state index in [1.165, 1.54) is 11.8 Å². The summed E-state index contributed by atoms with van der Waals surface area (Å²) in [5.41, 5.74) is 3.20. The van der Waals surface area contributed by atoms with Gasteiger partial charge in [0.05, 0.1) is 17.5 Å². The first kappa shape index (κ1) is 19.6. The van der Waals surface area contributed by atoms with E-state index in [-0.39, 0.29) is 23.2 Å². The molecule has 0 aliphatic carbocycles. The first-order valence-electron chi connectivity index (χ1n) is 9.79. The number of benzene rings is 2. The van der Waals surface area contributed by atoms with Crippen molar-refractivity contribution >= 4 is 29.3 Å². The van der Waals surface area contributed by atoms with E-state index in [4.69, 9.17) is 9.47 Å². The molecule has 0 radical (unpaired) electrons. The molecule has 0 bridgehead atoms. The van der Waals surface area contributed by atoms with Gasteiger partial charge in [-0.25, -0.2) is 0 Å². The fourth-order valence-corrected chi connectivity index (χ4v) is 4.47. The maximum absolute atomic E-state index is 12.7. The molecule has 152 valence electrons. The molecule has 2 aliphatic heterocycles. The van der Waals surface area contributed by atoms with Crippen molar-refractivity contribution in [3.63, 3.8) is 0 Å². The second-order valence-electron chi connectivity index (χ2n) is 7.28. The third-order valence-corrected chi connectivity index (χ3v) is 6.17. The topological polar surface area (TPSA) is 76.7 Å². The maximum atomic E-state index is 12.7. The third-order valence-electron chi connectivity index (χ3n) is 4.99. The van der Waals surface area contributed by atoms with Crippen molar-refractivity contribution in [1.29, 1.82) is 0 Å². The van der Waals surface area contributed by atoms with E-state index >= 15 is 0 Å². The predicted molar refractivity (Wildman–Crippen MR) is 113 cm³/mol. The lowest BCUT2D eigenvalue weighted by atomic mass is 10.1. The Hall–Kier alpha value is -2.67. The van der Waals surface area contributed by atoms with E-state index in [0.717, 1.165) is 33.9 Å². The number of carbonyl (C=O) groups excluding carboxylic acids is 2. The van der Waals surface area contributed by atoms with Gasteiger partial charge in [0, 0.05) is 34.6 Å². The first-order chi connectivity index (χ1) is 13.9. The molecule has 2 heterocycles. The highest BCUT2D eigenvalue weighted by Crippen LogP contribution is 2.37. The highest BCUT2D eigenvalue weighted by Gasteiger charge is 2.24. The minimum Gasteiger partial charge on any atom is -0.494 e. The summed E-state index contributed by atoms with van der Waals surface area (Å²) in [5, 5.41) is 5.67. The molecule has 0 saturated heterocycles. The van der Waals surface area contributed by atoms with Gasteiger partial charge in [-0.05, 0) is 51.1 Å². The fraction of sp³-hybridized carbons (Fsp3) is 0.364. The smallest absolute Gasteiger partial charge is 0.251 e. The normalized spacial score (nSPS) is 19.6. The summed E-state index contributed by atoms with van der Waals surface area (Å²) in [4.78, 5) is 25.6. The Bertz CT molecular complexity index is 976. The van der Waals surface area contributed by atoms with Crippen LogP contribution < -0.4 is 20.1 Å². The van der Waals surface area contributed by atoms with Gasteiger partial charge in [0.25, 0.3) is 5.91 Å². The summed E-state index contributed by atoms with van der Waals surface area (Å²) in [6.45, 7) is 6.72. The second-order valence-corrected chi connectivity index (χ2v) is 8.66. The molecule has 0 saturated carbocycles. The third kappa shape index (κ3) is 4.05. The zero-order valence-corrected chi connectivity index (χ0v) is 17.5. The lowest BCUT2D eigenvalue weighted by Gasteiger charge is -2.21. The van der Waals surface area contributed by atoms with E-state index in [2.05, 4.69) is 10.6 Å². The van der Waals surface area contributed by atoms with Gasteiger partial charge in [0.2, 0.25) is 5.91 Å². The van der Waals surface area contributed by atoms with Crippen molar-refractivity contribution in [3.8, 4) is 11.5 Å². The molecule has 2 N–H and O–H groups in total. The molecule has 29 heavy (non-hydrogen) atoms.